The number of hydrogen-bond donors (Lipinski definition) is 1. The van der Waals surface area contributed by atoms with E-state index in [9.17, 15) is 23.2 Å². The number of likely N-dealkylation sites (tertiary alicyclic amines) is 1. The van der Waals surface area contributed by atoms with Gasteiger partial charge in [-0.3, -0.25) is 9.78 Å². The van der Waals surface area contributed by atoms with Crippen molar-refractivity contribution in [2.45, 2.75) is 50.9 Å². The van der Waals surface area contributed by atoms with Gasteiger partial charge < -0.3 is 19.7 Å². The molecule has 1 saturated heterocycles. The molecule has 1 aliphatic rings. The molecule has 2 aromatic heterocycles. The quantitative estimate of drug-likeness (QED) is 0.436. The summed E-state index contributed by atoms with van der Waals surface area (Å²) in [6, 6.07) is 12.6. The number of hydrogen-bond acceptors (Lipinski definition) is 5. The summed E-state index contributed by atoms with van der Waals surface area (Å²) >= 11 is 0. The molecule has 0 radical (unpaired) electrons. The Kier molecular flexibility index (Phi) is 8.41. The lowest BCUT2D eigenvalue weighted by molar-refractivity contribution is -0.140. The molecule has 1 N–H and O–H groups in total. The summed E-state index contributed by atoms with van der Waals surface area (Å²) in [4.78, 5) is 21.4. The number of nitriles is 1. The number of aromatic nitrogens is 2. The van der Waals surface area contributed by atoms with Gasteiger partial charge in [-0.1, -0.05) is 5.92 Å². The Morgan fingerprint density at radius 2 is 1.88 bits per heavy atom. The van der Waals surface area contributed by atoms with Crippen molar-refractivity contribution >= 4 is 22.5 Å². The molecular formula is C30H33F3N6O. The van der Waals surface area contributed by atoms with Crippen LogP contribution < -0.4 is 5.32 Å². The van der Waals surface area contributed by atoms with Crippen LogP contribution in [-0.4, -0.2) is 71.2 Å². The van der Waals surface area contributed by atoms with Crippen LogP contribution in [-0.2, 0) is 12.0 Å². The van der Waals surface area contributed by atoms with Crippen molar-refractivity contribution in [1.29, 1.82) is 5.26 Å². The monoisotopic (exact) mass is 550 g/mol. The number of alkyl halides is 3. The van der Waals surface area contributed by atoms with Crippen LogP contribution in [0.2, 0.25) is 0 Å². The summed E-state index contributed by atoms with van der Waals surface area (Å²) in [5, 5.41) is 12.9. The van der Waals surface area contributed by atoms with Crippen LogP contribution in [0.25, 0.3) is 10.9 Å². The Morgan fingerprint density at radius 3 is 2.48 bits per heavy atom. The van der Waals surface area contributed by atoms with Crippen molar-refractivity contribution in [1.82, 2.24) is 19.4 Å². The second-order valence-corrected chi connectivity index (χ2v) is 10.8. The van der Waals surface area contributed by atoms with E-state index in [0.717, 1.165) is 17.4 Å². The maximum atomic E-state index is 13.4. The van der Waals surface area contributed by atoms with E-state index < -0.39 is 18.1 Å². The molecule has 0 aliphatic carbocycles. The Labute approximate surface area is 232 Å². The molecule has 0 atom stereocenters. The molecule has 1 fully saturated rings. The zero-order chi connectivity index (χ0) is 29.1. The van der Waals surface area contributed by atoms with Crippen molar-refractivity contribution in [3.8, 4) is 17.9 Å². The fraction of sp³-hybridized carbons (Fsp3) is 0.433. The van der Waals surface area contributed by atoms with Crippen LogP contribution in [0.15, 0.2) is 42.6 Å². The maximum absolute atomic E-state index is 13.4. The zero-order valence-electron chi connectivity index (χ0n) is 23.1. The summed E-state index contributed by atoms with van der Waals surface area (Å²) in [5.41, 5.74) is 1.65. The fourth-order valence-electron chi connectivity index (χ4n) is 4.83. The number of carbonyl (C=O) groups excluding carboxylic acids is 1. The number of benzene rings is 1. The largest absolute Gasteiger partial charge is 0.406 e. The van der Waals surface area contributed by atoms with Gasteiger partial charge in [0.1, 0.15) is 6.54 Å². The van der Waals surface area contributed by atoms with Gasteiger partial charge in [-0.15, -0.1) is 0 Å². The van der Waals surface area contributed by atoms with E-state index in [1.807, 2.05) is 19.0 Å². The number of nitrogens with one attached hydrogen (secondary N) is 1. The highest BCUT2D eigenvalue weighted by molar-refractivity contribution is 5.98. The number of fused-ring (bicyclic) bond motifs is 1. The van der Waals surface area contributed by atoms with E-state index in [0.29, 0.717) is 47.0 Å². The normalized spacial score (nSPS) is 14.6. The third kappa shape index (κ3) is 6.75. The van der Waals surface area contributed by atoms with E-state index in [-0.39, 0.29) is 18.1 Å². The molecule has 4 rings (SSSR count). The van der Waals surface area contributed by atoms with Crippen LogP contribution in [0.3, 0.4) is 0 Å². The van der Waals surface area contributed by atoms with Crippen LogP contribution in [0, 0.1) is 23.2 Å². The number of piperidine rings is 1. The molecule has 0 saturated carbocycles. The molecule has 0 bridgehead atoms. The lowest BCUT2D eigenvalue weighted by Crippen LogP contribution is -2.44. The number of rotatable bonds is 6. The third-order valence-corrected chi connectivity index (χ3v) is 7.25. The summed E-state index contributed by atoms with van der Waals surface area (Å²) in [7, 11) is 4.07. The average Bonchev–Trinajstić information content (AvgIpc) is 3.25. The minimum atomic E-state index is -4.43. The Balaban J connectivity index is 1.52. The second-order valence-electron chi connectivity index (χ2n) is 10.8. The first kappa shape index (κ1) is 29.0. The number of anilines is 1. The summed E-state index contributed by atoms with van der Waals surface area (Å²) in [6.07, 6.45) is -1.07. The average molecular weight is 551 g/mol. The number of pyridine rings is 1. The fourth-order valence-corrected chi connectivity index (χ4v) is 4.83. The van der Waals surface area contributed by atoms with Crippen molar-refractivity contribution in [3.05, 3.63) is 59.5 Å². The molecule has 7 nitrogen and oxygen atoms in total. The summed E-state index contributed by atoms with van der Waals surface area (Å²) < 4.78 is 41.5. The van der Waals surface area contributed by atoms with Gasteiger partial charge in [0.25, 0.3) is 5.91 Å². The predicted molar refractivity (Wildman–Crippen MR) is 149 cm³/mol. The molecule has 3 heterocycles. The van der Waals surface area contributed by atoms with E-state index in [4.69, 9.17) is 0 Å². The number of amides is 1. The van der Waals surface area contributed by atoms with Gasteiger partial charge >= 0.3 is 6.18 Å². The zero-order valence-corrected chi connectivity index (χ0v) is 23.1. The molecule has 0 unspecified atom stereocenters. The van der Waals surface area contributed by atoms with Gasteiger partial charge in [0, 0.05) is 35.6 Å². The van der Waals surface area contributed by atoms with Gasteiger partial charge in [0.2, 0.25) is 0 Å². The predicted octanol–water partition coefficient (Wildman–Crippen LogP) is 5.03. The molecule has 1 amide bonds. The van der Waals surface area contributed by atoms with Gasteiger partial charge in [-0.25, -0.2) is 0 Å². The second kappa shape index (κ2) is 11.6. The molecule has 210 valence electrons. The molecular weight excluding hydrogens is 517 g/mol. The Hall–Kier alpha value is -4.02. The van der Waals surface area contributed by atoms with Crippen molar-refractivity contribution in [2.75, 3.05) is 39.0 Å². The SMILES string of the molecule is CN(C)C1CCN(C(=O)c2ccc3c(c2)cc(C#CCNc2ccc(C(C)(C)C#N)nc2)n3CC(F)(F)F)CC1. The molecule has 3 aromatic rings. The number of carbonyl (C=O) groups is 1. The maximum Gasteiger partial charge on any atom is 0.406 e. The topological polar surface area (TPSA) is 77.2 Å². The first-order valence-electron chi connectivity index (χ1n) is 13.1. The minimum absolute atomic E-state index is 0.114. The first-order chi connectivity index (χ1) is 18.9. The van der Waals surface area contributed by atoms with Crippen molar-refractivity contribution < 1.29 is 18.0 Å². The first-order valence-corrected chi connectivity index (χ1v) is 13.1. The summed E-state index contributed by atoms with van der Waals surface area (Å²) in [6.45, 7) is 3.85. The van der Waals surface area contributed by atoms with Gasteiger partial charge in [0.15, 0.2) is 0 Å². The Bertz CT molecular complexity index is 1460. The smallest absolute Gasteiger partial charge is 0.373 e. The molecule has 0 spiro atoms. The molecule has 40 heavy (non-hydrogen) atoms. The van der Waals surface area contributed by atoms with E-state index in [2.05, 4.69) is 33.1 Å². The van der Waals surface area contributed by atoms with Crippen LogP contribution >= 0.6 is 0 Å². The van der Waals surface area contributed by atoms with Gasteiger partial charge in [0.05, 0.1) is 41.3 Å². The van der Waals surface area contributed by atoms with Crippen LogP contribution in [0.1, 0.15) is 48.4 Å². The lowest BCUT2D eigenvalue weighted by Gasteiger charge is -2.35. The van der Waals surface area contributed by atoms with E-state index in [1.54, 1.807) is 56.4 Å². The van der Waals surface area contributed by atoms with E-state index in [1.165, 1.54) is 0 Å². The number of nitrogens with zero attached hydrogens (tertiary/aromatic N) is 5. The third-order valence-electron chi connectivity index (χ3n) is 7.25. The Morgan fingerprint density at radius 1 is 1.15 bits per heavy atom. The highest BCUT2D eigenvalue weighted by atomic mass is 19.4. The standard InChI is InChI=1S/C30H33F3N6O/c1-29(2,19-34)27-10-8-23(18-36-27)35-13-5-6-25-17-22-16-21(7-9-26(22)39(25)20-30(31,32)33)28(40)38-14-11-24(12-15-38)37(3)4/h7-10,16-18,24,35H,11-15,20H2,1-4H3. The lowest BCUT2D eigenvalue weighted by atomic mass is 9.91. The van der Waals surface area contributed by atoms with Gasteiger partial charge in [-0.2, -0.15) is 18.4 Å². The molecule has 10 heteroatoms. The van der Waals surface area contributed by atoms with E-state index >= 15 is 0 Å². The molecule has 1 aromatic carbocycles. The van der Waals surface area contributed by atoms with Gasteiger partial charge in [-0.05, 0) is 83.1 Å². The number of halogens is 3. The van der Waals surface area contributed by atoms with Crippen LogP contribution in [0.4, 0.5) is 18.9 Å². The summed E-state index contributed by atoms with van der Waals surface area (Å²) in [5.74, 6) is 5.63. The highest BCUT2D eigenvalue weighted by Gasteiger charge is 2.30. The van der Waals surface area contributed by atoms with Crippen LogP contribution in [0.5, 0.6) is 0 Å². The van der Waals surface area contributed by atoms with Crippen molar-refractivity contribution in [3.63, 3.8) is 0 Å². The van der Waals surface area contributed by atoms with Crippen molar-refractivity contribution in [2.24, 2.45) is 0 Å². The highest BCUT2D eigenvalue weighted by Crippen LogP contribution is 2.27. The minimum Gasteiger partial charge on any atom is -0.373 e. The molecule has 1 aliphatic heterocycles.